The molecule has 1 aliphatic rings. The predicted octanol–water partition coefficient (Wildman–Crippen LogP) is 5.59. The highest BCUT2D eigenvalue weighted by Crippen LogP contribution is 2.23. The van der Waals surface area contributed by atoms with E-state index in [1.165, 1.54) is 6.20 Å². The number of halogens is 2. The molecule has 0 spiro atoms. The number of H-pyrrole nitrogens is 2. The molecule has 43 heavy (non-hydrogen) atoms. The minimum absolute atomic E-state index is 0.100. The summed E-state index contributed by atoms with van der Waals surface area (Å²) in [6.45, 7) is 13.9. The molecule has 238 valence electrons. The lowest BCUT2D eigenvalue weighted by molar-refractivity contribution is -0.120. The maximum Gasteiger partial charge on any atom is 0.325 e. The molecule has 1 amide bonds. The Kier molecular flexibility index (Phi) is 21.5. The first-order valence-corrected chi connectivity index (χ1v) is 15.5. The first-order valence-electron chi connectivity index (χ1n) is 14.1. The second-order valence-electron chi connectivity index (χ2n) is 8.51. The Bertz CT molecular complexity index is 1350. The van der Waals surface area contributed by atoms with Gasteiger partial charge in [0.05, 0.1) is 16.8 Å². The zero-order valence-electron chi connectivity index (χ0n) is 25.7. The molecular weight excluding hydrogens is 611 g/mol. The number of alkyl halides is 1. The van der Waals surface area contributed by atoms with Crippen molar-refractivity contribution in [3.05, 3.63) is 84.8 Å². The molecule has 3 rings (SSSR count). The maximum absolute atomic E-state index is 13.0. The van der Waals surface area contributed by atoms with Crippen molar-refractivity contribution in [2.75, 3.05) is 24.4 Å². The molecular formula is C30H44Cl2N6O4S. The van der Waals surface area contributed by atoms with Crippen molar-refractivity contribution >= 4 is 58.2 Å². The average molecular weight is 656 g/mol. The van der Waals surface area contributed by atoms with E-state index >= 15 is 0 Å². The van der Waals surface area contributed by atoms with Crippen LogP contribution >= 0.6 is 35.4 Å². The summed E-state index contributed by atoms with van der Waals surface area (Å²) in [5, 5.41) is 6.42. The van der Waals surface area contributed by atoms with E-state index in [9.17, 15) is 14.4 Å². The van der Waals surface area contributed by atoms with Gasteiger partial charge in [0.2, 0.25) is 0 Å². The molecule has 0 saturated heterocycles. The van der Waals surface area contributed by atoms with Crippen LogP contribution in [0.1, 0.15) is 65.0 Å². The van der Waals surface area contributed by atoms with Gasteiger partial charge >= 0.3 is 5.69 Å². The van der Waals surface area contributed by atoms with Crippen molar-refractivity contribution in [2.45, 2.75) is 67.0 Å². The van der Waals surface area contributed by atoms with E-state index in [-0.39, 0.29) is 17.2 Å². The van der Waals surface area contributed by atoms with Crippen molar-refractivity contribution in [3.8, 4) is 0 Å². The number of aliphatic imine (C=N–C) groups is 1. The van der Waals surface area contributed by atoms with E-state index in [2.05, 4.69) is 57.4 Å². The summed E-state index contributed by atoms with van der Waals surface area (Å²) in [5.41, 5.74) is 7.09. The number of aromatic nitrogens is 2. The molecule has 0 aliphatic carbocycles. The maximum atomic E-state index is 13.0. The number of benzene rings is 1. The van der Waals surface area contributed by atoms with E-state index in [1.807, 2.05) is 33.8 Å². The monoisotopic (exact) mass is 654 g/mol. The average Bonchev–Trinajstić information content (AvgIpc) is 3.10. The Morgan fingerprint density at radius 2 is 1.74 bits per heavy atom. The number of hydrogen-bond acceptors (Lipinski definition) is 7. The molecule has 0 radical (unpaired) electrons. The molecule has 1 atom stereocenters. The number of carbonyl (C=O) groups is 1. The normalized spacial score (nSPS) is 15.8. The van der Waals surface area contributed by atoms with Crippen molar-refractivity contribution in [1.82, 2.24) is 15.3 Å². The second kappa shape index (κ2) is 23.2. The van der Waals surface area contributed by atoms with Gasteiger partial charge in [0.1, 0.15) is 0 Å². The van der Waals surface area contributed by atoms with Crippen LogP contribution in [-0.2, 0) is 9.53 Å². The summed E-state index contributed by atoms with van der Waals surface area (Å²) in [4.78, 5) is 46.1. The van der Waals surface area contributed by atoms with E-state index in [0.717, 1.165) is 37.1 Å². The Hall–Kier alpha value is -3.25. The smallest absolute Gasteiger partial charge is 0.325 e. The Morgan fingerprint density at radius 3 is 2.26 bits per heavy atom. The quantitative estimate of drug-likeness (QED) is 0.134. The molecule has 6 N–H and O–H groups in total. The van der Waals surface area contributed by atoms with Gasteiger partial charge in [-0.1, -0.05) is 76.7 Å². The first-order chi connectivity index (χ1) is 20.7. The number of rotatable bonds is 9. The van der Waals surface area contributed by atoms with Crippen LogP contribution in [0.3, 0.4) is 0 Å². The van der Waals surface area contributed by atoms with Crippen LogP contribution in [0.25, 0.3) is 0 Å². The number of amides is 1. The molecule has 1 unspecified atom stereocenters. The molecule has 0 saturated carbocycles. The van der Waals surface area contributed by atoms with Crippen LogP contribution in [0.2, 0.25) is 5.02 Å². The van der Waals surface area contributed by atoms with Crippen molar-refractivity contribution in [2.24, 2.45) is 10.7 Å². The number of nitrogens with zero attached hydrogens (tertiary/aromatic N) is 1. The molecule has 0 fully saturated rings. The second-order valence-corrected chi connectivity index (χ2v) is 9.50. The SMILES string of the molecule is CC.CC/C=C1/NC(=O)C(Nc2ccc(C)c(Cl)c2)N=C(c2c[nH]c(=O)[nH]c2=O)/C1=C/CCl.CCCOCCC.NC=S. The fourth-order valence-corrected chi connectivity index (χ4v) is 3.77. The summed E-state index contributed by atoms with van der Waals surface area (Å²) in [6.07, 6.45) is 6.55. The van der Waals surface area contributed by atoms with Gasteiger partial charge in [0.25, 0.3) is 11.5 Å². The number of aromatic amines is 2. The predicted molar refractivity (Wildman–Crippen MR) is 184 cm³/mol. The number of nitrogens with two attached hydrogens (primary N) is 1. The Morgan fingerprint density at radius 1 is 1.12 bits per heavy atom. The lowest BCUT2D eigenvalue weighted by Gasteiger charge is -2.15. The third-order valence-corrected chi connectivity index (χ3v) is 5.81. The van der Waals surface area contributed by atoms with E-state index in [1.54, 1.807) is 24.3 Å². The topological polar surface area (TPSA) is 154 Å². The number of aryl methyl sites for hydroxylation is 1. The van der Waals surface area contributed by atoms with Crippen LogP contribution in [0.5, 0.6) is 0 Å². The van der Waals surface area contributed by atoms with Gasteiger partial charge in [-0.2, -0.15) is 0 Å². The molecule has 10 nitrogen and oxygen atoms in total. The van der Waals surface area contributed by atoms with Crippen molar-refractivity contribution in [1.29, 1.82) is 0 Å². The highest BCUT2D eigenvalue weighted by molar-refractivity contribution is 7.78. The van der Waals surface area contributed by atoms with Gasteiger partial charge in [0, 0.05) is 47.3 Å². The van der Waals surface area contributed by atoms with Gasteiger partial charge in [-0.25, -0.2) is 9.79 Å². The lowest BCUT2D eigenvalue weighted by Crippen LogP contribution is -2.36. The number of hydrogen-bond donors (Lipinski definition) is 5. The summed E-state index contributed by atoms with van der Waals surface area (Å²) in [5.74, 6) is -0.300. The fourth-order valence-electron chi connectivity index (χ4n) is 3.43. The largest absolute Gasteiger partial charge is 0.396 e. The molecule has 1 aliphatic heterocycles. The van der Waals surface area contributed by atoms with Gasteiger partial charge in [-0.15, -0.1) is 11.6 Å². The number of anilines is 1. The number of allylic oxidation sites excluding steroid dienone is 3. The summed E-state index contributed by atoms with van der Waals surface area (Å²) in [6, 6.07) is 5.28. The number of nitrogens with one attached hydrogen (secondary N) is 4. The first kappa shape index (κ1) is 39.8. The number of carbonyl (C=O) groups excluding carboxylic acids is 1. The minimum Gasteiger partial charge on any atom is -0.396 e. The molecule has 1 aromatic carbocycles. The van der Waals surface area contributed by atoms with E-state index in [4.69, 9.17) is 27.9 Å². The minimum atomic E-state index is -1.07. The highest BCUT2D eigenvalue weighted by Gasteiger charge is 2.29. The van der Waals surface area contributed by atoms with Crippen LogP contribution in [-0.4, -0.2) is 52.3 Å². The molecule has 2 aromatic rings. The fraction of sp³-hybridized carbons (Fsp3) is 0.433. The van der Waals surface area contributed by atoms with Crippen LogP contribution in [0.4, 0.5) is 5.69 Å². The number of ether oxygens (including phenoxy) is 1. The summed E-state index contributed by atoms with van der Waals surface area (Å²) < 4.78 is 5.13. The van der Waals surface area contributed by atoms with Gasteiger partial charge in [-0.3, -0.25) is 14.6 Å². The van der Waals surface area contributed by atoms with Gasteiger partial charge < -0.3 is 26.1 Å². The highest BCUT2D eigenvalue weighted by atomic mass is 35.5. The molecule has 1 aromatic heterocycles. The summed E-state index contributed by atoms with van der Waals surface area (Å²) in [7, 11) is 0. The standard InChI is InChI=1S/C21H21Cl2N5O3.C6H14O.C2H6.CH3NS/c1-3-4-16-13(7-8-22)17(14-10-24-21(31)28-19(14)29)27-18(20(30)26-16)25-12-6-5-11(2)15(23)9-12;1-3-5-7-6-4-2;1-2;2-1-3/h4-7,9-10,18,25H,3,8H2,1-2H3,(H,26,30)(H2,24,28,29,31);3-6H2,1-2H3;1-2H3;1H,(H2,2,3)/b13-7+,16-4+;;;. The Balaban J connectivity index is 0.00000126. The molecule has 13 heteroatoms. The third-order valence-electron chi connectivity index (χ3n) is 5.25. The zero-order valence-corrected chi connectivity index (χ0v) is 28.0. The van der Waals surface area contributed by atoms with Crippen molar-refractivity contribution < 1.29 is 9.53 Å². The van der Waals surface area contributed by atoms with Crippen LogP contribution in [0.15, 0.2) is 62.4 Å². The van der Waals surface area contributed by atoms with Crippen LogP contribution < -0.4 is 27.6 Å². The summed E-state index contributed by atoms with van der Waals surface area (Å²) >= 11 is 16.2. The number of thiocarbonyl (C=S) groups is 1. The molecule has 0 bridgehead atoms. The van der Waals surface area contributed by atoms with E-state index < -0.39 is 23.3 Å². The van der Waals surface area contributed by atoms with E-state index in [0.29, 0.717) is 28.4 Å². The third kappa shape index (κ3) is 14.2. The van der Waals surface area contributed by atoms with Crippen molar-refractivity contribution in [3.63, 3.8) is 0 Å². The lowest BCUT2D eigenvalue weighted by atomic mass is 10.0. The van der Waals surface area contributed by atoms with Gasteiger partial charge in [-0.05, 0) is 43.9 Å². The zero-order chi connectivity index (χ0) is 32.8. The Labute approximate surface area is 269 Å². The van der Waals surface area contributed by atoms with Gasteiger partial charge in [0.15, 0.2) is 6.17 Å². The van der Waals surface area contributed by atoms with Crippen LogP contribution in [0, 0.1) is 6.92 Å². The molecule has 2 heterocycles.